The standard InChI is InChI=1S/C10H23NO/c1-5-9(6-2)12-8-10(4,11)7-3/h9H,5-8,11H2,1-4H3. The van der Waals surface area contributed by atoms with Gasteiger partial charge in [0.05, 0.1) is 12.7 Å². The third-order valence-corrected chi connectivity index (χ3v) is 2.37. The molecule has 0 amide bonds. The highest BCUT2D eigenvalue weighted by Crippen LogP contribution is 2.09. The third kappa shape index (κ3) is 4.73. The summed E-state index contributed by atoms with van der Waals surface area (Å²) >= 11 is 0. The second kappa shape index (κ2) is 5.55. The molecule has 0 aliphatic carbocycles. The minimum atomic E-state index is -0.150. The molecule has 0 heterocycles. The fraction of sp³-hybridized carbons (Fsp3) is 1.00. The maximum absolute atomic E-state index is 5.95. The lowest BCUT2D eigenvalue weighted by molar-refractivity contribution is 0.0187. The van der Waals surface area contributed by atoms with Gasteiger partial charge in [-0.3, -0.25) is 0 Å². The predicted octanol–water partition coefficient (Wildman–Crippen LogP) is 2.32. The van der Waals surface area contributed by atoms with Crippen LogP contribution in [0.25, 0.3) is 0 Å². The summed E-state index contributed by atoms with van der Waals surface area (Å²) in [6.07, 6.45) is 3.51. The highest BCUT2D eigenvalue weighted by atomic mass is 16.5. The Balaban J connectivity index is 3.65. The van der Waals surface area contributed by atoms with Gasteiger partial charge in [0.1, 0.15) is 0 Å². The van der Waals surface area contributed by atoms with Crippen LogP contribution in [-0.4, -0.2) is 18.2 Å². The summed E-state index contributed by atoms with van der Waals surface area (Å²) in [5.74, 6) is 0. The summed E-state index contributed by atoms with van der Waals surface area (Å²) in [4.78, 5) is 0. The Bertz CT molecular complexity index is 108. The summed E-state index contributed by atoms with van der Waals surface area (Å²) in [7, 11) is 0. The lowest BCUT2D eigenvalue weighted by Crippen LogP contribution is -2.41. The second-order valence-electron chi connectivity index (χ2n) is 3.76. The highest BCUT2D eigenvalue weighted by molar-refractivity contribution is 4.76. The maximum atomic E-state index is 5.95. The molecule has 0 saturated carbocycles. The first-order valence-electron chi connectivity index (χ1n) is 4.96. The van der Waals surface area contributed by atoms with Crippen LogP contribution in [0.15, 0.2) is 0 Å². The van der Waals surface area contributed by atoms with Gasteiger partial charge in [0.15, 0.2) is 0 Å². The molecule has 0 saturated heterocycles. The molecular weight excluding hydrogens is 150 g/mol. The van der Waals surface area contributed by atoms with Crippen LogP contribution in [0.5, 0.6) is 0 Å². The van der Waals surface area contributed by atoms with Crippen molar-refractivity contribution in [2.24, 2.45) is 5.73 Å². The van der Waals surface area contributed by atoms with Gasteiger partial charge in [0.25, 0.3) is 0 Å². The molecule has 0 bridgehead atoms. The largest absolute Gasteiger partial charge is 0.376 e. The molecule has 2 N–H and O–H groups in total. The van der Waals surface area contributed by atoms with Crippen molar-refractivity contribution >= 4 is 0 Å². The van der Waals surface area contributed by atoms with Crippen LogP contribution in [0, 0.1) is 0 Å². The Morgan fingerprint density at radius 2 is 1.75 bits per heavy atom. The van der Waals surface area contributed by atoms with Gasteiger partial charge in [-0.1, -0.05) is 20.8 Å². The third-order valence-electron chi connectivity index (χ3n) is 2.37. The average Bonchev–Trinajstić information content (AvgIpc) is 2.06. The van der Waals surface area contributed by atoms with E-state index in [1.54, 1.807) is 0 Å². The lowest BCUT2D eigenvalue weighted by atomic mass is 10.0. The molecule has 2 nitrogen and oxygen atoms in total. The zero-order valence-corrected chi connectivity index (χ0v) is 8.89. The highest BCUT2D eigenvalue weighted by Gasteiger charge is 2.17. The van der Waals surface area contributed by atoms with Gasteiger partial charge in [0.2, 0.25) is 0 Å². The summed E-state index contributed by atoms with van der Waals surface area (Å²) in [5, 5.41) is 0. The maximum Gasteiger partial charge on any atom is 0.0647 e. The van der Waals surface area contributed by atoms with Crippen molar-refractivity contribution in [3.05, 3.63) is 0 Å². The first kappa shape index (κ1) is 11.9. The van der Waals surface area contributed by atoms with Crippen LogP contribution >= 0.6 is 0 Å². The fourth-order valence-corrected chi connectivity index (χ4v) is 0.935. The zero-order valence-electron chi connectivity index (χ0n) is 8.89. The smallest absolute Gasteiger partial charge is 0.0647 e. The Kier molecular flexibility index (Phi) is 5.51. The van der Waals surface area contributed by atoms with E-state index in [9.17, 15) is 0 Å². The topological polar surface area (TPSA) is 35.2 Å². The van der Waals surface area contributed by atoms with Gasteiger partial charge in [0, 0.05) is 5.54 Å². The quantitative estimate of drug-likeness (QED) is 0.669. The molecular formula is C10H23NO. The molecule has 0 fully saturated rings. The number of nitrogens with two attached hydrogens (primary N) is 1. The molecule has 0 aromatic carbocycles. The lowest BCUT2D eigenvalue weighted by Gasteiger charge is -2.25. The van der Waals surface area contributed by atoms with Crippen LogP contribution < -0.4 is 5.73 Å². The molecule has 0 aromatic rings. The summed E-state index contributed by atoms with van der Waals surface area (Å²) in [6, 6.07) is 0. The van der Waals surface area contributed by atoms with Gasteiger partial charge in [-0.25, -0.2) is 0 Å². The monoisotopic (exact) mass is 173 g/mol. The summed E-state index contributed by atoms with van der Waals surface area (Å²) in [6.45, 7) is 9.10. The minimum Gasteiger partial charge on any atom is -0.376 e. The van der Waals surface area contributed by atoms with E-state index in [1.807, 2.05) is 6.92 Å². The van der Waals surface area contributed by atoms with Crippen molar-refractivity contribution in [1.29, 1.82) is 0 Å². The van der Waals surface area contributed by atoms with E-state index >= 15 is 0 Å². The van der Waals surface area contributed by atoms with Crippen LogP contribution in [0.1, 0.15) is 47.0 Å². The van der Waals surface area contributed by atoms with Gasteiger partial charge in [-0.15, -0.1) is 0 Å². The Labute approximate surface area is 76.5 Å². The number of rotatable bonds is 6. The van der Waals surface area contributed by atoms with Crippen LogP contribution in [-0.2, 0) is 4.74 Å². The average molecular weight is 173 g/mol. The van der Waals surface area contributed by atoms with Gasteiger partial charge in [-0.05, 0) is 26.2 Å². The van der Waals surface area contributed by atoms with Crippen molar-refractivity contribution in [3.63, 3.8) is 0 Å². The molecule has 0 aromatic heterocycles. The van der Waals surface area contributed by atoms with E-state index in [1.165, 1.54) is 0 Å². The van der Waals surface area contributed by atoms with Crippen LogP contribution in [0.4, 0.5) is 0 Å². The molecule has 0 spiro atoms. The predicted molar refractivity (Wildman–Crippen MR) is 53.2 cm³/mol. The molecule has 12 heavy (non-hydrogen) atoms. The van der Waals surface area contributed by atoms with Crippen LogP contribution in [0.2, 0.25) is 0 Å². The Morgan fingerprint density at radius 3 is 2.08 bits per heavy atom. The molecule has 2 heteroatoms. The number of hydrogen-bond donors (Lipinski definition) is 1. The second-order valence-corrected chi connectivity index (χ2v) is 3.76. The van der Waals surface area contributed by atoms with Gasteiger partial charge in [-0.2, -0.15) is 0 Å². The Morgan fingerprint density at radius 1 is 1.25 bits per heavy atom. The zero-order chi connectivity index (χ0) is 9.61. The van der Waals surface area contributed by atoms with E-state index in [0.29, 0.717) is 12.7 Å². The van der Waals surface area contributed by atoms with Crippen molar-refractivity contribution in [1.82, 2.24) is 0 Å². The van der Waals surface area contributed by atoms with Crippen molar-refractivity contribution in [2.75, 3.05) is 6.61 Å². The molecule has 74 valence electrons. The first-order valence-corrected chi connectivity index (χ1v) is 4.96. The normalized spacial score (nSPS) is 16.5. The van der Waals surface area contributed by atoms with E-state index in [4.69, 9.17) is 10.5 Å². The minimum absolute atomic E-state index is 0.150. The number of ether oxygens (including phenoxy) is 1. The van der Waals surface area contributed by atoms with E-state index in [-0.39, 0.29) is 5.54 Å². The molecule has 0 aliphatic rings. The molecule has 0 rings (SSSR count). The van der Waals surface area contributed by atoms with Crippen molar-refractivity contribution in [2.45, 2.75) is 58.6 Å². The van der Waals surface area contributed by atoms with Crippen molar-refractivity contribution < 1.29 is 4.74 Å². The van der Waals surface area contributed by atoms with E-state index in [0.717, 1.165) is 19.3 Å². The molecule has 0 aliphatic heterocycles. The van der Waals surface area contributed by atoms with Crippen LogP contribution in [0.3, 0.4) is 0 Å². The SMILES string of the molecule is CCC(CC)OCC(C)(N)CC. The Hall–Kier alpha value is -0.0800. The molecule has 0 radical (unpaired) electrons. The van der Waals surface area contributed by atoms with Crippen molar-refractivity contribution in [3.8, 4) is 0 Å². The number of hydrogen-bond acceptors (Lipinski definition) is 2. The summed E-state index contributed by atoms with van der Waals surface area (Å²) in [5.41, 5.74) is 5.80. The van der Waals surface area contributed by atoms with Gasteiger partial charge < -0.3 is 10.5 Å². The van der Waals surface area contributed by atoms with E-state index < -0.39 is 0 Å². The first-order chi connectivity index (χ1) is 5.55. The van der Waals surface area contributed by atoms with Gasteiger partial charge >= 0.3 is 0 Å². The molecule has 1 unspecified atom stereocenters. The molecule has 1 atom stereocenters. The fourth-order valence-electron chi connectivity index (χ4n) is 0.935. The van der Waals surface area contributed by atoms with E-state index in [2.05, 4.69) is 20.8 Å². The summed E-state index contributed by atoms with van der Waals surface area (Å²) < 4.78 is 5.67.